The van der Waals surface area contributed by atoms with Gasteiger partial charge in [-0.3, -0.25) is 4.79 Å². The molecule has 0 spiro atoms. The van der Waals surface area contributed by atoms with E-state index in [-0.39, 0.29) is 6.42 Å². The summed E-state index contributed by atoms with van der Waals surface area (Å²) in [6.07, 6.45) is -0.0549. The van der Waals surface area contributed by atoms with Crippen molar-refractivity contribution in [3.63, 3.8) is 0 Å². The third kappa shape index (κ3) is 6.62. The second-order valence-corrected chi connectivity index (χ2v) is 9.36. The summed E-state index contributed by atoms with van der Waals surface area (Å²) in [5.74, 6) is -0.845. The molecular formula is C26H29ClN2O4. The third-order valence-electron chi connectivity index (χ3n) is 5.05. The minimum Gasteiger partial charge on any atom is -0.481 e. The van der Waals surface area contributed by atoms with Gasteiger partial charge < -0.3 is 19.7 Å². The van der Waals surface area contributed by atoms with Gasteiger partial charge in [0.05, 0.1) is 12.1 Å². The Morgan fingerprint density at radius 3 is 2.39 bits per heavy atom. The molecule has 1 aromatic heterocycles. The topological polar surface area (TPSA) is 80.6 Å². The average Bonchev–Trinajstić information content (AvgIpc) is 3.14. The largest absolute Gasteiger partial charge is 0.481 e. The number of carboxylic acid groups (broad SMARTS) is 1. The van der Waals surface area contributed by atoms with Crippen LogP contribution in [0.15, 0.2) is 54.6 Å². The fourth-order valence-electron chi connectivity index (χ4n) is 3.53. The zero-order valence-electron chi connectivity index (χ0n) is 19.3. The number of rotatable bonds is 7. The summed E-state index contributed by atoms with van der Waals surface area (Å²) in [7, 11) is 0. The molecule has 1 amide bonds. The van der Waals surface area contributed by atoms with Gasteiger partial charge in [0.2, 0.25) is 0 Å². The standard InChI is InChI=1S/C26H29ClN2O4/c1-17-5-6-18(16-28-25(32)33-26(2,3)4)15-23(17)29-21(12-14-24(30)31)11-13-22(29)19-7-9-20(27)10-8-19/h5-11,13,15H,12,14,16H2,1-4H3,(H,28,32)(H,30,31). The van der Waals surface area contributed by atoms with E-state index in [9.17, 15) is 14.7 Å². The first-order chi connectivity index (χ1) is 15.5. The van der Waals surface area contributed by atoms with Crippen molar-refractivity contribution < 1.29 is 19.4 Å². The highest BCUT2D eigenvalue weighted by molar-refractivity contribution is 6.30. The predicted molar refractivity (Wildman–Crippen MR) is 130 cm³/mol. The average molecular weight is 469 g/mol. The monoisotopic (exact) mass is 468 g/mol. The van der Waals surface area contributed by atoms with E-state index >= 15 is 0 Å². The zero-order valence-corrected chi connectivity index (χ0v) is 20.1. The lowest BCUT2D eigenvalue weighted by Gasteiger charge is -2.20. The second kappa shape index (κ2) is 10.1. The smallest absolute Gasteiger partial charge is 0.407 e. The Kier molecular flexibility index (Phi) is 7.49. The summed E-state index contributed by atoms with van der Waals surface area (Å²) in [6.45, 7) is 7.77. The molecule has 0 aliphatic carbocycles. The van der Waals surface area contributed by atoms with Crippen LogP contribution in [0.5, 0.6) is 0 Å². The number of benzene rings is 2. The van der Waals surface area contributed by atoms with Gasteiger partial charge in [0.1, 0.15) is 5.60 Å². The maximum absolute atomic E-state index is 12.1. The number of ether oxygens (including phenoxy) is 1. The van der Waals surface area contributed by atoms with Crippen LogP contribution in [0.1, 0.15) is 44.0 Å². The second-order valence-electron chi connectivity index (χ2n) is 8.92. The number of amides is 1. The van der Waals surface area contributed by atoms with Gasteiger partial charge >= 0.3 is 12.1 Å². The molecule has 0 unspecified atom stereocenters. The number of alkyl carbamates (subject to hydrolysis) is 1. The number of aromatic nitrogens is 1. The van der Waals surface area contributed by atoms with E-state index in [0.717, 1.165) is 33.8 Å². The molecule has 0 aliphatic heterocycles. The molecule has 0 radical (unpaired) electrons. The van der Waals surface area contributed by atoms with Crippen molar-refractivity contribution in [1.29, 1.82) is 0 Å². The minimum absolute atomic E-state index is 0.0308. The van der Waals surface area contributed by atoms with Crippen LogP contribution in [0, 0.1) is 6.92 Å². The normalized spacial score (nSPS) is 11.3. The molecule has 0 fully saturated rings. The summed E-state index contributed by atoms with van der Waals surface area (Å²) in [6, 6.07) is 17.5. The van der Waals surface area contributed by atoms with Gasteiger partial charge in [0, 0.05) is 22.9 Å². The van der Waals surface area contributed by atoms with E-state index in [1.807, 2.05) is 82.3 Å². The highest BCUT2D eigenvalue weighted by atomic mass is 35.5. The number of halogens is 1. The van der Waals surface area contributed by atoms with Crippen molar-refractivity contribution in [1.82, 2.24) is 9.88 Å². The third-order valence-corrected chi connectivity index (χ3v) is 5.30. The first kappa shape index (κ1) is 24.4. The van der Waals surface area contributed by atoms with E-state index in [2.05, 4.69) is 9.88 Å². The molecule has 7 heteroatoms. The first-order valence-electron chi connectivity index (χ1n) is 10.8. The molecule has 6 nitrogen and oxygen atoms in total. The molecule has 3 aromatic rings. The Labute approximate surface area is 199 Å². The van der Waals surface area contributed by atoms with Gasteiger partial charge in [0.25, 0.3) is 0 Å². The van der Waals surface area contributed by atoms with Gasteiger partial charge in [-0.1, -0.05) is 35.9 Å². The van der Waals surface area contributed by atoms with E-state index in [4.69, 9.17) is 16.3 Å². The molecule has 33 heavy (non-hydrogen) atoms. The lowest BCUT2D eigenvalue weighted by atomic mass is 10.1. The number of carboxylic acids is 1. The SMILES string of the molecule is Cc1ccc(CNC(=O)OC(C)(C)C)cc1-n1c(CCC(=O)O)ccc1-c1ccc(Cl)cc1. The van der Waals surface area contributed by atoms with Crippen LogP contribution < -0.4 is 5.32 Å². The van der Waals surface area contributed by atoms with Crippen molar-refractivity contribution in [2.75, 3.05) is 0 Å². The fraction of sp³-hybridized carbons (Fsp3) is 0.308. The number of carbonyl (C=O) groups excluding carboxylic acids is 1. The van der Waals surface area contributed by atoms with Crippen molar-refractivity contribution in [2.45, 2.75) is 52.7 Å². The summed E-state index contributed by atoms with van der Waals surface area (Å²) >= 11 is 6.08. The molecule has 3 rings (SSSR count). The van der Waals surface area contributed by atoms with Crippen LogP contribution in [-0.2, 0) is 22.5 Å². The maximum atomic E-state index is 12.1. The molecule has 2 aromatic carbocycles. The van der Waals surface area contributed by atoms with E-state index in [0.29, 0.717) is 18.0 Å². The highest BCUT2D eigenvalue weighted by Gasteiger charge is 2.17. The van der Waals surface area contributed by atoms with E-state index in [1.54, 1.807) is 0 Å². The van der Waals surface area contributed by atoms with Gasteiger partial charge in [-0.25, -0.2) is 4.79 Å². The molecule has 0 atom stereocenters. The van der Waals surface area contributed by atoms with Crippen LogP contribution in [0.4, 0.5) is 4.79 Å². The van der Waals surface area contributed by atoms with Crippen LogP contribution in [0.25, 0.3) is 16.9 Å². The van der Waals surface area contributed by atoms with Crippen LogP contribution in [0.3, 0.4) is 0 Å². The lowest BCUT2D eigenvalue weighted by molar-refractivity contribution is -0.137. The van der Waals surface area contributed by atoms with Crippen molar-refractivity contribution in [2.24, 2.45) is 0 Å². The van der Waals surface area contributed by atoms with Gasteiger partial charge in [0.15, 0.2) is 0 Å². The Morgan fingerprint density at radius 2 is 1.76 bits per heavy atom. The Balaban J connectivity index is 1.98. The van der Waals surface area contributed by atoms with E-state index < -0.39 is 17.7 Å². The van der Waals surface area contributed by atoms with Gasteiger partial charge in [-0.2, -0.15) is 0 Å². The summed E-state index contributed by atoms with van der Waals surface area (Å²) < 4.78 is 7.41. The summed E-state index contributed by atoms with van der Waals surface area (Å²) in [4.78, 5) is 23.3. The number of nitrogens with one attached hydrogen (secondary N) is 1. The van der Waals surface area contributed by atoms with Crippen LogP contribution >= 0.6 is 11.6 Å². The number of aryl methyl sites for hydroxylation is 2. The minimum atomic E-state index is -0.845. The number of hydrogen-bond donors (Lipinski definition) is 2. The zero-order chi connectivity index (χ0) is 24.2. The van der Waals surface area contributed by atoms with Crippen molar-refractivity contribution in [3.8, 4) is 16.9 Å². The fourth-order valence-corrected chi connectivity index (χ4v) is 3.66. The van der Waals surface area contributed by atoms with Gasteiger partial charge in [-0.05, 0) is 81.1 Å². The molecule has 0 bridgehead atoms. The molecule has 0 aliphatic rings. The predicted octanol–water partition coefficient (Wildman–Crippen LogP) is 6.15. The lowest BCUT2D eigenvalue weighted by Crippen LogP contribution is -2.32. The molecule has 0 saturated heterocycles. The highest BCUT2D eigenvalue weighted by Crippen LogP contribution is 2.30. The Hall–Kier alpha value is -3.25. The summed E-state index contributed by atoms with van der Waals surface area (Å²) in [5, 5.41) is 12.7. The quantitative estimate of drug-likeness (QED) is 0.436. The molecule has 2 N–H and O–H groups in total. The number of hydrogen-bond acceptors (Lipinski definition) is 3. The van der Waals surface area contributed by atoms with Gasteiger partial charge in [-0.15, -0.1) is 0 Å². The molecule has 1 heterocycles. The molecular weight excluding hydrogens is 440 g/mol. The molecule has 0 saturated carbocycles. The number of nitrogens with zero attached hydrogens (tertiary/aromatic N) is 1. The first-order valence-corrected chi connectivity index (χ1v) is 11.2. The number of aliphatic carboxylic acids is 1. The van der Waals surface area contributed by atoms with Crippen LogP contribution in [-0.4, -0.2) is 27.3 Å². The van der Waals surface area contributed by atoms with Crippen LogP contribution in [0.2, 0.25) is 5.02 Å². The Morgan fingerprint density at radius 1 is 1.06 bits per heavy atom. The van der Waals surface area contributed by atoms with Crippen molar-refractivity contribution >= 4 is 23.7 Å². The van der Waals surface area contributed by atoms with Crippen molar-refractivity contribution in [3.05, 3.63) is 76.4 Å². The maximum Gasteiger partial charge on any atom is 0.407 e. The Bertz CT molecular complexity index is 1140. The van der Waals surface area contributed by atoms with E-state index in [1.165, 1.54) is 0 Å². The molecule has 174 valence electrons. The summed E-state index contributed by atoms with van der Waals surface area (Å²) in [5.41, 5.74) is 5.09. The number of carbonyl (C=O) groups is 2.